The van der Waals surface area contributed by atoms with E-state index in [0.29, 0.717) is 16.2 Å². The minimum absolute atomic E-state index is 0.0488. The number of aromatic nitrogens is 2. The Balaban J connectivity index is 2.96. The van der Waals surface area contributed by atoms with Crippen molar-refractivity contribution in [2.75, 3.05) is 0 Å². The molecule has 0 aliphatic carbocycles. The lowest BCUT2D eigenvalue weighted by Gasteiger charge is -2.08. The average Bonchev–Trinajstić information content (AvgIpc) is 2.21. The molecule has 2 aromatic heterocycles. The molecule has 2 rings (SSSR count). The number of fused-ring (bicyclic) bond motifs is 1. The van der Waals surface area contributed by atoms with Gasteiger partial charge in [0.1, 0.15) is 5.15 Å². The van der Waals surface area contributed by atoms with Crippen LogP contribution < -0.4 is 5.56 Å². The summed E-state index contributed by atoms with van der Waals surface area (Å²) in [4.78, 5) is 15.8. The summed E-state index contributed by atoms with van der Waals surface area (Å²) >= 11 is 9.03. The maximum absolute atomic E-state index is 11.8. The molecule has 15 heavy (non-hydrogen) atoms. The molecule has 0 spiro atoms. The van der Waals surface area contributed by atoms with Crippen LogP contribution in [0.25, 0.3) is 10.9 Å². The molecule has 0 atom stereocenters. The number of aryl methyl sites for hydroxylation is 1. The number of pyridine rings is 2. The van der Waals surface area contributed by atoms with E-state index in [0.717, 1.165) is 10.9 Å². The zero-order valence-corrected chi connectivity index (χ0v) is 10.3. The van der Waals surface area contributed by atoms with E-state index < -0.39 is 0 Å². The van der Waals surface area contributed by atoms with Crippen LogP contribution in [-0.4, -0.2) is 9.55 Å². The molecule has 0 radical (unpaired) electrons. The molecule has 78 valence electrons. The lowest BCUT2D eigenvalue weighted by atomic mass is 10.2. The second-order valence-electron chi connectivity index (χ2n) is 3.11. The summed E-state index contributed by atoms with van der Waals surface area (Å²) in [7, 11) is 0. The highest BCUT2D eigenvalue weighted by molar-refractivity contribution is 9.10. The summed E-state index contributed by atoms with van der Waals surface area (Å²) in [5.41, 5.74) is 0.762. The van der Waals surface area contributed by atoms with Crippen LogP contribution in [0.5, 0.6) is 0 Å². The lowest BCUT2D eigenvalue weighted by molar-refractivity contribution is 0.755. The highest BCUT2D eigenvalue weighted by Gasteiger charge is 2.06. The quantitative estimate of drug-likeness (QED) is 0.756. The second kappa shape index (κ2) is 3.94. The SMILES string of the molecule is CCn1c(=O)c(Br)cc2cnc(Cl)cc21. The number of hydrogen-bond acceptors (Lipinski definition) is 2. The van der Waals surface area contributed by atoms with Crippen LogP contribution >= 0.6 is 27.5 Å². The van der Waals surface area contributed by atoms with Gasteiger partial charge in [-0.05, 0) is 35.0 Å². The molecule has 2 heterocycles. The van der Waals surface area contributed by atoms with Crippen molar-refractivity contribution in [1.29, 1.82) is 0 Å². The summed E-state index contributed by atoms with van der Waals surface area (Å²) < 4.78 is 2.20. The predicted molar refractivity (Wildman–Crippen MR) is 64.4 cm³/mol. The van der Waals surface area contributed by atoms with E-state index in [-0.39, 0.29) is 5.56 Å². The van der Waals surface area contributed by atoms with Gasteiger partial charge in [-0.1, -0.05) is 11.6 Å². The van der Waals surface area contributed by atoms with Gasteiger partial charge in [0.05, 0.1) is 9.99 Å². The van der Waals surface area contributed by atoms with Crippen molar-refractivity contribution >= 4 is 38.4 Å². The fourth-order valence-corrected chi connectivity index (χ4v) is 2.14. The Labute approximate surface area is 99.8 Å². The molecular weight excluding hydrogens is 279 g/mol. The van der Waals surface area contributed by atoms with Crippen LogP contribution in [0, 0.1) is 0 Å². The highest BCUT2D eigenvalue weighted by atomic mass is 79.9. The van der Waals surface area contributed by atoms with Crippen LogP contribution in [0.3, 0.4) is 0 Å². The summed E-state index contributed by atoms with van der Waals surface area (Å²) in [6.07, 6.45) is 1.66. The van der Waals surface area contributed by atoms with Crippen LogP contribution in [-0.2, 0) is 6.54 Å². The van der Waals surface area contributed by atoms with Crippen LogP contribution in [0.15, 0.2) is 27.6 Å². The summed E-state index contributed by atoms with van der Waals surface area (Å²) in [6.45, 7) is 2.52. The standard InChI is InChI=1S/C10H8BrClN2O/c1-2-14-8-4-9(12)13-5-6(8)3-7(11)10(14)15/h3-5H,2H2,1H3. The van der Waals surface area contributed by atoms with Gasteiger partial charge in [-0.2, -0.15) is 0 Å². The summed E-state index contributed by atoms with van der Waals surface area (Å²) in [5, 5.41) is 1.29. The lowest BCUT2D eigenvalue weighted by Crippen LogP contribution is -2.20. The van der Waals surface area contributed by atoms with Gasteiger partial charge in [0.25, 0.3) is 5.56 Å². The van der Waals surface area contributed by atoms with E-state index in [1.807, 2.05) is 6.92 Å². The average molecular weight is 288 g/mol. The minimum Gasteiger partial charge on any atom is -0.307 e. The van der Waals surface area contributed by atoms with E-state index in [1.54, 1.807) is 22.9 Å². The molecule has 2 aromatic rings. The van der Waals surface area contributed by atoms with E-state index >= 15 is 0 Å². The third-order valence-corrected chi connectivity index (χ3v) is 2.99. The smallest absolute Gasteiger partial charge is 0.265 e. The Morgan fingerprint density at radius 2 is 2.27 bits per heavy atom. The number of rotatable bonds is 1. The zero-order chi connectivity index (χ0) is 11.0. The zero-order valence-electron chi connectivity index (χ0n) is 8.00. The monoisotopic (exact) mass is 286 g/mol. The Bertz CT molecular complexity index is 579. The number of hydrogen-bond donors (Lipinski definition) is 0. The van der Waals surface area contributed by atoms with Crippen molar-refractivity contribution < 1.29 is 0 Å². The van der Waals surface area contributed by atoms with Gasteiger partial charge in [-0.3, -0.25) is 4.79 Å². The molecule has 0 aliphatic rings. The molecule has 0 aromatic carbocycles. The fourth-order valence-electron chi connectivity index (χ4n) is 1.53. The van der Waals surface area contributed by atoms with Crippen molar-refractivity contribution in [1.82, 2.24) is 9.55 Å². The highest BCUT2D eigenvalue weighted by Crippen LogP contribution is 2.18. The number of nitrogens with zero attached hydrogens (tertiary/aromatic N) is 2. The predicted octanol–water partition coefficient (Wildman–Crippen LogP) is 2.83. The molecule has 0 saturated heterocycles. The van der Waals surface area contributed by atoms with Gasteiger partial charge in [0.15, 0.2) is 0 Å². The fraction of sp³-hybridized carbons (Fsp3) is 0.200. The molecule has 0 unspecified atom stereocenters. The molecule has 3 nitrogen and oxygen atoms in total. The molecule has 0 fully saturated rings. The maximum atomic E-state index is 11.8. The second-order valence-corrected chi connectivity index (χ2v) is 4.35. The maximum Gasteiger partial charge on any atom is 0.265 e. The van der Waals surface area contributed by atoms with Crippen molar-refractivity contribution in [2.24, 2.45) is 0 Å². The first-order chi connectivity index (χ1) is 7.13. The molecule has 0 saturated carbocycles. The Morgan fingerprint density at radius 1 is 1.53 bits per heavy atom. The molecule has 0 amide bonds. The topological polar surface area (TPSA) is 34.9 Å². The van der Waals surface area contributed by atoms with Crippen molar-refractivity contribution in [3.63, 3.8) is 0 Å². The largest absolute Gasteiger partial charge is 0.307 e. The first-order valence-electron chi connectivity index (χ1n) is 4.48. The van der Waals surface area contributed by atoms with Crippen LogP contribution in [0.1, 0.15) is 6.92 Å². The minimum atomic E-state index is -0.0488. The molecule has 0 N–H and O–H groups in total. The first-order valence-corrected chi connectivity index (χ1v) is 5.65. The summed E-state index contributed by atoms with van der Waals surface area (Å²) in [5.74, 6) is 0. The van der Waals surface area contributed by atoms with Crippen molar-refractivity contribution in [3.05, 3.63) is 38.3 Å². The Kier molecular flexibility index (Phi) is 2.80. The van der Waals surface area contributed by atoms with Crippen molar-refractivity contribution in [3.8, 4) is 0 Å². The first kappa shape index (κ1) is 10.6. The Hall–Kier alpha value is -0.870. The molecule has 0 bridgehead atoms. The third-order valence-electron chi connectivity index (χ3n) is 2.22. The van der Waals surface area contributed by atoms with Gasteiger partial charge in [0.2, 0.25) is 0 Å². The van der Waals surface area contributed by atoms with Gasteiger partial charge in [-0.15, -0.1) is 0 Å². The summed E-state index contributed by atoms with van der Waals surface area (Å²) in [6, 6.07) is 3.46. The van der Waals surface area contributed by atoms with Crippen LogP contribution in [0.2, 0.25) is 5.15 Å². The normalized spacial score (nSPS) is 10.9. The molecule has 0 aliphatic heterocycles. The van der Waals surface area contributed by atoms with E-state index in [4.69, 9.17) is 11.6 Å². The number of halogens is 2. The van der Waals surface area contributed by atoms with E-state index in [9.17, 15) is 4.79 Å². The molecule has 5 heteroatoms. The van der Waals surface area contributed by atoms with Crippen LogP contribution in [0.4, 0.5) is 0 Å². The van der Waals surface area contributed by atoms with Gasteiger partial charge < -0.3 is 4.57 Å². The van der Waals surface area contributed by atoms with E-state index in [1.165, 1.54) is 0 Å². The van der Waals surface area contributed by atoms with Gasteiger partial charge in [-0.25, -0.2) is 4.98 Å². The van der Waals surface area contributed by atoms with Gasteiger partial charge in [0, 0.05) is 18.1 Å². The Morgan fingerprint density at radius 3 is 2.93 bits per heavy atom. The molecular formula is C10H8BrClN2O. The van der Waals surface area contributed by atoms with Gasteiger partial charge >= 0.3 is 0 Å². The van der Waals surface area contributed by atoms with Crippen molar-refractivity contribution in [2.45, 2.75) is 13.5 Å². The third kappa shape index (κ3) is 1.79. The van der Waals surface area contributed by atoms with E-state index in [2.05, 4.69) is 20.9 Å².